The highest BCUT2D eigenvalue weighted by Gasteiger charge is 2.42. The molecule has 0 aliphatic carbocycles. The van der Waals surface area contributed by atoms with Gasteiger partial charge in [0, 0.05) is 19.0 Å². The minimum Gasteiger partial charge on any atom is -0.392 e. The van der Waals surface area contributed by atoms with Crippen molar-refractivity contribution in [1.29, 1.82) is 0 Å². The van der Waals surface area contributed by atoms with Crippen molar-refractivity contribution in [2.24, 2.45) is 5.92 Å². The Kier molecular flexibility index (Phi) is 3.42. The Morgan fingerprint density at radius 1 is 1.40 bits per heavy atom. The first-order valence-electron chi connectivity index (χ1n) is 6.19. The van der Waals surface area contributed by atoms with Gasteiger partial charge in [0.05, 0.1) is 12.0 Å². The van der Waals surface area contributed by atoms with Gasteiger partial charge >= 0.3 is 0 Å². The molecule has 2 aliphatic rings. The molecular weight excluding hydrogens is 190 g/mol. The maximum atomic E-state index is 12.0. The van der Waals surface area contributed by atoms with Crippen molar-refractivity contribution in [2.45, 2.75) is 51.2 Å². The zero-order valence-electron chi connectivity index (χ0n) is 9.48. The second kappa shape index (κ2) is 4.62. The van der Waals surface area contributed by atoms with Gasteiger partial charge in [-0.2, -0.15) is 0 Å². The average Bonchev–Trinajstić information content (AvgIpc) is 2.65. The molecule has 0 amide bonds. The van der Waals surface area contributed by atoms with Crippen molar-refractivity contribution < 1.29 is 9.90 Å². The van der Waals surface area contributed by atoms with Crippen LogP contribution in [0.25, 0.3) is 0 Å². The third kappa shape index (κ3) is 2.08. The Hall–Kier alpha value is -0.410. The number of aliphatic hydroxyl groups is 1. The highest BCUT2D eigenvalue weighted by Crippen LogP contribution is 2.33. The standard InChI is InChI=1S/C12H21NO2/c1-2-4-10(14)12-9-5-3-7-13(9)8-6-11(12)15/h9,11-12,15H,2-8H2,1H3/t9-,11+,12+/m0/s1. The summed E-state index contributed by atoms with van der Waals surface area (Å²) in [6.07, 6.45) is 4.20. The van der Waals surface area contributed by atoms with E-state index in [-0.39, 0.29) is 17.8 Å². The molecule has 2 rings (SSSR count). The zero-order chi connectivity index (χ0) is 10.8. The van der Waals surface area contributed by atoms with Crippen molar-refractivity contribution in [2.75, 3.05) is 13.1 Å². The lowest BCUT2D eigenvalue weighted by molar-refractivity contribution is -0.132. The third-order valence-corrected chi connectivity index (χ3v) is 3.82. The fourth-order valence-corrected chi connectivity index (χ4v) is 3.11. The minimum absolute atomic E-state index is 0.0961. The first-order chi connectivity index (χ1) is 7.24. The molecule has 2 fully saturated rings. The molecule has 3 atom stereocenters. The number of carbonyl (C=O) groups is 1. The summed E-state index contributed by atoms with van der Waals surface area (Å²) in [6.45, 7) is 4.12. The predicted molar refractivity (Wildman–Crippen MR) is 58.6 cm³/mol. The van der Waals surface area contributed by atoms with Gasteiger partial charge in [-0.1, -0.05) is 6.92 Å². The van der Waals surface area contributed by atoms with Crippen LogP contribution in [-0.2, 0) is 4.79 Å². The molecule has 2 saturated heterocycles. The minimum atomic E-state index is -0.386. The van der Waals surface area contributed by atoms with E-state index in [2.05, 4.69) is 4.90 Å². The molecule has 0 aromatic carbocycles. The summed E-state index contributed by atoms with van der Waals surface area (Å²) in [5, 5.41) is 9.97. The number of nitrogens with zero attached hydrogens (tertiary/aromatic N) is 1. The van der Waals surface area contributed by atoms with Crippen LogP contribution in [0.2, 0.25) is 0 Å². The van der Waals surface area contributed by atoms with Crippen LogP contribution < -0.4 is 0 Å². The number of hydrogen-bond donors (Lipinski definition) is 1. The van der Waals surface area contributed by atoms with E-state index in [4.69, 9.17) is 0 Å². The number of carbonyl (C=O) groups excluding carboxylic acids is 1. The van der Waals surface area contributed by atoms with E-state index in [9.17, 15) is 9.90 Å². The smallest absolute Gasteiger partial charge is 0.140 e. The molecule has 86 valence electrons. The van der Waals surface area contributed by atoms with Crippen LogP contribution in [0.3, 0.4) is 0 Å². The number of Topliss-reactive ketones (excluding diaryl/α,β-unsaturated/α-hetero) is 1. The van der Waals surface area contributed by atoms with E-state index in [0.29, 0.717) is 12.5 Å². The van der Waals surface area contributed by atoms with Crippen molar-refractivity contribution in [3.63, 3.8) is 0 Å². The van der Waals surface area contributed by atoms with Gasteiger partial charge in [-0.15, -0.1) is 0 Å². The van der Waals surface area contributed by atoms with Gasteiger partial charge < -0.3 is 5.11 Å². The molecule has 2 aliphatic heterocycles. The maximum absolute atomic E-state index is 12.0. The van der Waals surface area contributed by atoms with E-state index >= 15 is 0 Å². The number of hydrogen-bond acceptors (Lipinski definition) is 3. The van der Waals surface area contributed by atoms with E-state index in [1.807, 2.05) is 6.92 Å². The first kappa shape index (κ1) is 11.1. The first-order valence-corrected chi connectivity index (χ1v) is 6.19. The summed E-state index contributed by atoms with van der Waals surface area (Å²) in [7, 11) is 0. The molecule has 0 radical (unpaired) electrons. The largest absolute Gasteiger partial charge is 0.392 e. The molecule has 0 aromatic heterocycles. The van der Waals surface area contributed by atoms with Crippen molar-refractivity contribution >= 4 is 5.78 Å². The SMILES string of the molecule is CCCC(=O)[C@@H]1[C@H](O)CCN2CCC[C@@H]12. The van der Waals surface area contributed by atoms with Crippen molar-refractivity contribution in [3.05, 3.63) is 0 Å². The Morgan fingerprint density at radius 3 is 2.93 bits per heavy atom. The molecule has 0 saturated carbocycles. The molecule has 15 heavy (non-hydrogen) atoms. The maximum Gasteiger partial charge on any atom is 0.140 e. The lowest BCUT2D eigenvalue weighted by Crippen LogP contribution is -2.51. The van der Waals surface area contributed by atoms with Crippen LogP contribution in [0.1, 0.15) is 39.0 Å². The Morgan fingerprint density at radius 2 is 2.20 bits per heavy atom. The van der Waals surface area contributed by atoms with Crippen molar-refractivity contribution in [1.82, 2.24) is 4.90 Å². The van der Waals surface area contributed by atoms with Gasteiger partial charge in [0.25, 0.3) is 0 Å². The molecule has 0 unspecified atom stereocenters. The normalized spacial score (nSPS) is 36.5. The summed E-state index contributed by atoms with van der Waals surface area (Å²) in [5.74, 6) is 0.183. The number of piperidine rings is 1. The average molecular weight is 211 g/mol. The van der Waals surface area contributed by atoms with Crippen LogP contribution in [0.15, 0.2) is 0 Å². The Balaban J connectivity index is 2.08. The van der Waals surface area contributed by atoms with Crippen LogP contribution in [-0.4, -0.2) is 41.0 Å². The zero-order valence-corrected chi connectivity index (χ0v) is 9.48. The van der Waals surface area contributed by atoms with Gasteiger partial charge in [0.2, 0.25) is 0 Å². The molecular formula is C12H21NO2. The Bertz CT molecular complexity index is 242. The predicted octanol–water partition coefficient (Wildman–Crippen LogP) is 1.20. The van der Waals surface area contributed by atoms with E-state index in [0.717, 1.165) is 32.4 Å². The monoisotopic (exact) mass is 211 g/mol. The van der Waals surface area contributed by atoms with Crippen LogP contribution in [0, 0.1) is 5.92 Å². The fraction of sp³-hybridized carbons (Fsp3) is 0.917. The number of aliphatic hydroxyl groups excluding tert-OH is 1. The topological polar surface area (TPSA) is 40.5 Å². The highest BCUT2D eigenvalue weighted by atomic mass is 16.3. The quantitative estimate of drug-likeness (QED) is 0.762. The van der Waals surface area contributed by atoms with Crippen LogP contribution >= 0.6 is 0 Å². The molecule has 0 spiro atoms. The van der Waals surface area contributed by atoms with Gasteiger partial charge in [-0.3, -0.25) is 9.69 Å². The van der Waals surface area contributed by atoms with E-state index in [1.54, 1.807) is 0 Å². The lowest BCUT2D eigenvalue weighted by atomic mass is 9.82. The van der Waals surface area contributed by atoms with Gasteiger partial charge in [0.15, 0.2) is 0 Å². The summed E-state index contributed by atoms with van der Waals surface area (Å²) in [5.41, 5.74) is 0. The summed E-state index contributed by atoms with van der Waals surface area (Å²) < 4.78 is 0. The van der Waals surface area contributed by atoms with Crippen LogP contribution in [0.5, 0.6) is 0 Å². The summed E-state index contributed by atoms with van der Waals surface area (Å²) in [4.78, 5) is 14.4. The van der Waals surface area contributed by atoms with Gasteiger partial charge in [-0.25, -0.2) is 0 Å². The van der Waals surface area contributed by atoms with E-state index < -0.39 is 0 Å². The van der Waals surface area contributed by atoms with Gasteiger partial charge in [0.1, 0.15) is 5.78 Å². The fourth-order valence-electron chi connectivity index (χ4n) is 3.11. The number of ketones is 1. The Labute approximate surface area is 91.5 Å². The molecule has 2 heterocycles. The second-order valence-corrected chi connectivity index (χ2v) is 4.84. The molecule has 1 N–H and O–H groups in total. The number of rotatable bonds is 3. The summed E-state index contributed by atoms with van der Waals surface area (Å²) >= 11 is 0. The highest BCUT2D eigenvalue weighted by molar-refractivity contribution is 5.82. The molecule has 0 bridgehead atoms. The van der Waals surface area contributed by atoms with Gasteiger partial charge in [-0.05, 0) is 32.2 Å². The number of fused-ring (bicyclic) bond motifs is 1. The molecule has 3 heteroatoms. The molecule has 3 nitrogen and oxygen atoms in total. The van der Waals surface area contributed by atoms with Crippen molar-refractivity contribution in [3.8, 4) is 0 Å². The molecule has 0 aromatic rings. The summed E-state index contributed by atoms with van der Waals surface area (Å²) in [6, 6.07) is 0.341. The lowest BCUT2D eigenvalue weighted by Gasteiger charge is -2.39. The second-order valence-electron chi connectivity index (χ2n) is 4.84. The van der Waals surface area contributed by atoms with Crippen LogP contribution in [0.4, 0.5) is 0 Å². The van der Waals surface area contributed by atoms with E-state index in [1.165, 1.54) is 6.42 Å². The third-order valence-electron chi connectivity index (χ3n) is 3.82.